The molecule has 7 nitrogen and oxygen atoms in total. The van der Waals surface area contributed by atoms with Crippen LogP contribution in [0.25, 0.3) is 0 Å². The zero-order valence-corrected chi connectivity index (χ0v) is 18.5. The summed E-state index contributed by atoms with van der Waals surface area (Å²) in [5, 5.41) is 9.91. The Morgan fingerprint density at radius 2 is 1.80 bits per heavy atom. The van der Waals surface area contributed by atoms with Gasteiger partial charge in [-0.2, -0.15) is 0 Å². The van der Waals surface area contributed by atoms with Gasteiger partial charge in [0.05, 0.1) is 0 Å². The molecule has 1 aromatic rings. The Hall–Kier alpha value is -2.28. The van der Waals surface area contributed by atoms with Crippen molar-refractivity contribution in [2.45, 2.75) is 57.5 Å². The molecule has 1 aliphatic heterocycles. The number of hydrogen-bond acceptors (Lipinski definition) is 4. The summed E-state index contributed by atoms with van der Waals surface area (Å²) in [6.07, 6.45) is 6.64. The first-order valence-corrected chi connectivity index (χ1v) is 11.4. The molecule has 0 spiro atoms. The molecule has 1 aromatic carbocycles. The molecule has 7 heteroatoms. The number of ether oxygens (including phenoxy) is 1. The van der Waals surface area contributed by atoms with Gasteiger partial charge in [-0.3, -0.25) is 9.79 Å². The third-order valence-corrected chi connectivity index (χ3v) is 5.63. The predicted octanol–water partition coefficient (Wildman–Crippen LogP) is 1.93. The fraction of sp³-hybridized carbons (Fsp3) is 0.652. The van der Waals surface area contributed by atoms with Crippen LogP contribution in [0.1, 0.15) is 44.6 Å². The van der Waals surface area contributed by atoms with E-state index in [2.05, 4.69) is 44.9 Å². The molecule has 1 saturated heterocycles. The van der Waals surface area contributed by atoms with E-state index in [4.69, 9.17) is 4.74 Å². The van der Waals surface area contributed by atoms with E-state index in [9.17, 15) is 4.79 Å². The first-order chi connectivity index (χ1) is 14.7. The number of piperidine rings is 1. The second-order valence-corrected chi connectivity index (χ2v) is 8.28. The summed E-state index contributed by atoms with van der Waals surface area (Å²) in [4.78, 5) is 18.6. The Morgan fingerprint density at radius 1 is 1.10 bits per heavy atom. The molecule has 2 fully saturated rings. The van der Waals surface area contributed by atoms with E-state index in [1.807, 2.05) is 19.2 Å². The molecule has 0 atom stereocenters. The van der Waals surface area contributed by atoms with Gasteiger partial charge in [0.2, 0.25) is 0 Å². The maximum atomic E-state index is 11.7. The molecule has 1 heterocycles. The van der Waals surface area contributed by atoms with Crippen molar-refractivity contribution in [1.29, 1.82) is 0 Å². The highest BCUT2D eigenvalue weighted by molar-refractivity contribution is 5.80. The Kier molecular flexibility index (Phi) is 8.81. The number of carbonyl (C=O) groups excluding carboxylic acids is 1. The summed E-state index contributed by atoms with van der Waals surface area (Å²) < 4.78 is 5.56. The summed E-state index contributed by atoms with van der Waals surface area (Å²) in [5.74, 6) is 1.57. The first-order valence-electron chi connectivity index (χ1n) is 11.4. The van der Waals surface area contributed by atoms with Gasteiger partial charge < -0.3 is 25.6 Å². The van der Waals surface area contributed by atoms with Gasteiger partial charge >= 0.3 is 0 Å². The molecule has 1 saturated carbocycles. The summed E-state index contributed by atoms with van der Waals surface area (Å²) in [7, 11) is 1.83. The third-order valence-electron chi connectivity index (χ3n) is 5.63. The number of carbonyl (C=O) groups is 1. The lowest BCUT2D eigenvalue weighted by Crippen LogP contribution is -2.49. The number of nitrogens with one attached hydrogen (secondary N) is 3. The van der Waals surface area contributed by atoms with Gasteiger partial charge in [-0.1, -0.05) is 19.1 Å². The molecule has 1 aliphatic carbocycles. The molecule has 3 rings (SSSR count). The Labute approximate surface area is 180 Å². The van der Waals surface area contributed by atoms with Crippen LogP contribution < -0.4 is 20.7 Å². The van der Waals surface area contributed by atoms with Crippen molar-refractivity contribution in [2.75, 3.05) is 39.8 Å². The molecular formula is C23H37N5O2. The number of hydrogen-bond donors (Lipinski definition) is 3. The molecule has 3 N–H and O–H groups in total. The fourth-order valence-electron chi connectivity index (χ4n) is 3.73. The second kappa shape index (κ2) is 11.8. The molecule has 0 unspecified atom stereocenters. The number of benzene rings is 1. The quantitative estimate of drug-likeness (QED) is 0.402. The molecule has 0 radical (unpaired) electrons. The largest absolute Gasteiger partial charge is 0.484 e. The van der Waals surface area contributed by atoms with Gasteiger partial charge in [0.1, 0.15) is 5.75 Å². The maximum absolute atomic E-state index is 11.7. The topological polar surface area (TPSA) is 78.0 Å². The standard InChI is InChI=1S/C23H37N5O2/c1-3-14-28-15-11-20(12-16-28)27-23(24-2)25-13-10-18-4-8-21(9-5-18)30-17-22(29)26-19-6-7-19/h4-5,8-9,19-20H,3,6-7,10-17H2,1-2H3,(H,26,29)(H2,24,25,27). The minimum Gasteiger partial charge on any atom is -0.484 e. The number of amides is 1. The molecular weight excluding hydrogens is 378 g/mol. The van der Waals surface area contributed by atoms with E-state index < -0.39 is 0 Å². The van der Waals surface area contributed by atoms with Crippen molar-refractivity contribution in [3.8, 4) is 5.75 Å². The highest BCUT2D eigenvalue weighted by Crippen LogP contribution is 2.18. The Bertz CT molecular complexity index is 679. The third kappa shape index (κ3) is 7.86. The predicted molar refractivity (Wildman–Crippen MR) is 121 cm³/mol. The smallest absolute Gasteiger partial charge is 0.258 e. The van der Waals surface area contributed by atoms with Gasteiger partial charge in [0.15, 0.2) is 12.6 Å². The van der Waals surface area contributed by atoms with Gasteiger partial charge in [-0.15, -0.1) is 0 Å². The van der Waals surface area contributed by atoms with Crippen molar-refractivity contribution in [1.82, 2.24) is 20.9 Å². The van der Waals surface area contributed by atoms with Gasteiger partial charge in [0.25, 0.3) is 5.91 Å². The molecule has 166 valence electrons. The van der Waals surface area contributed by atoms with E-state index in [-0.39, 0.29) is 12.5 Å². The first kappa shape index (κ1) is 22.4. The van der Waals surface area contributed by atoms with Crippen LogP contribution >= 0.6 is 0 Å². The minimum atomic E-state index is -0.0410. The SMILES string of the molecule is CCCN1CCC(NC(=NC)NCCc2ccc(OCC(=O)NC3CC3)cc2)CC1. The monoisotopic (exact) mass is 415 g/mol. The number of rotatable bonds is 10. The van der Waals surface area contributed by atoms with Crippen LogP contribution in [0, 0.1) is 0 Å². The lowest BCUT2D eigenvalue weighted by atomic mass is 10.1. The summed E-state index contributed by atoms with van der Waals surface area (Å²) in [6, 6.07) is 8.83. The van der Waals surface area contributed by atoms with Gasteiger partial charge in [0, 0.05) is 38.8 Å². The number of guanidine groups is 1. The van der Waals surface area contributed by atoms with Crippen LogP contribution in [0.5, 0.6) is 5.75 Å². The molecule has 30 heavy (non-hydrogen) atoms. The average molecular weight is 416 g/mol. The van der Waals surface area contributed by atoms with Crippen molar-refractivity contribution < 1.29 is 9.53 Å². The summed E-state index contributed by atoms with van der Waals surface area (Å²) in [5.41, 5.74) is 1.22. The van der Waals surface area contributed by atoms with E-state index in [0.29, 0.717) is 12.1 Å². The lowest BCUT2D eigenvalue weighted by Gasteiger charge is -2.32. The number of nitrogens with zero attached hydrogens (tertiary/aromatic N) is 2. The van der Waals surface area contributed by atoms with E-state index in [1.54, 1.807) is 0 Å². The minimum absolute atomic E-state index is 0.0410. The van der Waals surface area contributed by atoms with Crippen LogP contribution in [0.3, 0.4) is 0 Å². The Balaban J connectivity index is 1.32. The van der Waals surface area contributed by atoms with Crippen LogP contribution in [0.15, 0.2) is 29.3 Å². The highest BCUT2D eigenvalue weighted by atomic mass is 16.5. The van der Waals surface area contributed by atoms with Crippen molar-refractivity contribution in [3.63, 3.8) is 0 Å². The van der Waals surface area contributed by atoms with E-state index in [0.717, 1.165) is 37.5 Å². The number of aliphatic imine (C=N–C) groups is 1. The highest BCUT2D eigenvalue weighted by Gasteiger charge is 2.23. The molecule has 0 bridgehead atoms. The van der Waals surface area contributed by atoms with Crippen LogP contribution in [-0.2, 0) is 11.2 Å². The van der Waals surface area contributed by atoms with E-state index >= 15 is 0 Å². The zero-order valence-electron chi connectivity index (χ0n) is 18.5. The van der Waals surface area contributed by atoms with Crippen molar-refractivity contribution in [3.05, 3.63) is 29.8 Å². The molecule has 1 amide bonds. The van der Waals surface area contributed by atoms with Gasteiger partial charge in [-0.05, 0) is 62.8 Å². The average Bonchev–Trinajstić information content (AvgIpc) is 3.58. The fourth-order valence-corrected chi connectivity index (χ4v) is 3.73. The second-order valence-electron chi connectivity index (χ2n) is 8.28. The molecule has 2 aliphatic rings. The lowest BCUT2D eigenvalue weighted by molar-refractivity contribution is -0.123. The zero-order chi connectivity index (χ0) is 21.2. The summed E-state index contributed by atoms with van der Waals surface area (Å²) in [6.45, 7) is 6.68. The summed E-state index contributed by atoms with van der Waals surface area (Å²) >= 11 is 0. The van der Waals surface area contributed by atoms with E-state index in [1.165, 1.54) is 44.5 Å². The molecule has 0 aromatic heterocycles. The van der Waals surface area contributed by atoms with Crippen LogP contribution in [-0.4, -0.2) is 68.7 Å². The Morgan fingerprint density at radius 3 is 2.43 bits per heavy atom. The van der Waals surface area contributed by atoms with Crippen LogP contribution in [0.2, 0.25) is 0 Å². The normalized spacial score (nSPS) is 18.1. The maximum Gasteiger partial charge on any atom is 0.258 e. The van der Waals surface area contributed by atoms with Gasteiger partial charge in [-0.25, -0.2) is 0 Å². The van der Waals surface area contributed by atoms with Crippen molar-refractivity contribution in [2.24, 2.45) is 4.99 Å². The van der Waals surface area contributed by atoms with Crippen LogP contribution in [0.4, 0.5) is 0 Å². The van der Waals surface area contributed by atoms with Crippen molar-refractivity contribution >= 4 is 11.9 Å². The number of likely N-dealkylation sites (tertiary alicyclic amines) is 1.